The maximum absolute atomic E-state index is 11.7. The molecule has 30 heavy (non-hydrogen) atoms. The Bertz CT molecular complexity index is 886. The van der Waals surface area contributed by atoms with Gasteiger partial charge >= 0.3 is 5.97 Å². The molecular weight excluding hydrogens is 410 g/mol. The fourth-order valence-electron chi connectivity index (χ4n) is 3.17. The number of carbonyl (C=O) groups is 1. The molecule has 0 saturated heterocycles. The third-order valence-electron chi connectivity index (χ3n) is 5.06. The molecule has 0 fully saturated rings. The van der Waals surface area contributed by atoms with Gasteiger partial charge in [-0.05, 0) is 62.1 Å². The average molecular weight is 438 g/mol. The van der Waals surface area contributed by atoms with Crippen molar-refractivity contribution in [2.45, 2.75) is 38.3 Å². The van der Waals surface area contributed by atoms with Crippen LogP contribution in [0.2, 0.25) is 0 Å². The summed E-state index contributed by atoms with van der Waals surface area (Å²) in [5, 5.41) is 23.7. The number of phenols is 1. The molecule has 1 atom stereocenters. The van der Waals surface area contributed by atoms with Crippen molar-refractivity contribution < 1.29 is 29.2 Å². The Hall–Kier alpha value is -2.48. The molecule has 1 heterocycles. The molecule has 2 aromatic rings. The largest absolute Gasteiger partial charge is 0.507 e. The number of aliphatic hydroxyl groups excluding tert-OH is 1. The van der Waals surface area contributed by atoms with Crippen LogP contribution in [0.5, 0.6) is 17.2 Å². The van der Waals surface area contributed by atoms with Crippen LogP contribution >= 0.6 is 12.4 Å². The van der Waals surface area contributed by atoms with Crippen molar-refractivity contribution in [2.75, 3.05) is 20.4 Å². The molecule has 1 aliphatic rings. The molecule has 1 unspecified atom stereocenters. The molecule has 3 rings (SSSR count). The second kappa shape index (κ2) is 10.0. The predicted octanol–water partition coefficient (Wildman–Crippen LogP) is 3.36. The van der Waals surface area contributed by atoms with Gasteiger partial charge in [0.15, 0.2) is 11.5 Å². The number of fused-ring (bicyclic) bond motifs is 1. The van der Waals surface area contributed by atoms with E-state index < -0.39 is 12.1 Å². The summed E-state index contributed by atoms with van der Waals surface area (Å²) in [5.41, 5.74) is 1.50. The maximum Gasteiger partial charge on any atom is 0.341 e. The van der Waals surface area contributed by atoms with Gasteiger partial charge in [-0.3, -0.25) is 0 Å². The van der Waals surface area contributed by atoms with E-state index in [2.05, 4.69) is 23.9 Å². The van der Waals surface area contributed by atoms with Crippen molar-refractivity contribution in [3.63, 3.8) is 0 Å². The minimum atomic E-state index is -0.830. The first-order chi connectivity index (χ1) is 13.8. The number of rotatable bonds is 8. The van der Waals surface area contributed by atoms with E-state index >= 15 is 0 Å². The second-order valence-corrected chi connectivity index (χ2v) is 7.74. The Labute approximate surface area is 182 Å². The fraction of sp³-hybridized carbons (Fsp3) is 0.409. The lowest BCUT2D eigenvalue weighted by molar-refractivity contribution is 0.0597. The molecule has 0 bridgehead atoms. The highest BCUT2D eigenvalue weighted by atomic mass is 35.5. The molecule has 1 aliphatic heterocycles. The van der Waals surface area contributed by atoms with Gasteiger partial charge in [-0.2, -0.15) is 0 Å². The maximum atomic E-state index is 11.7. The van der Waals surface area contributed by atoms with E-state index in [1.165, 1.54) is 19.2 Å². The van der Waals surface area contributed by atoms with E-state index in [0.717, 1.165) is 29.9 Å². The highest BCUT2D eigenvalue weighted by molar-refractivity contribution is 5.92. The molecule has 0 radical (unpaired) electrons. The molecule has 2 aromatic carbocycles. The van der Waals surface area contributed by atoms with Gasteiger partial charge in [0.25, 0.3) is 0 Å². The molecule has 0 amide bonds. The highest BCUT2D eigenvalue weighted by Crippen LogP contribution is 2.33. The predicted molar refractivity (Wildman–Crippen MR) is 115 cm³/mol. The summed E-state index contributed by atoms with van der Waals surface area (Å²) >= 11 is 0. The Kier molecular flexibility index (Phi) is 7.95. The minimum Gasteiger partial charge on any atom is -0.507 e. The van der Waals surface area contributed by atoms with Crippen LogP contribution in [0.3, 0.4) is 0 Å². The third kappa shape index (κ3) is 5.78. The Morgan fingerprint density at radius 1 is 1.20 bits per heavy atom. The summed E-state index contributed by atoms with van der Waals surface area (Å²) in [6.45, 7) is 4.71. The number of benzene rings is 2. The third-order valence-corrected chi connectivity index (χ3v) is 5.06. The summed E-state index contributed by atoms with van der Waals surface area (Å²) in [7, 11) is 1.25. The molecular formula is C22H28ClNO6. The van der Waals surface area contributed by atoms with Gasteiger partial charge in [-0.25, -0.2) is 4.79 Å². The Morgan fingerprint density at radius 3 is 2.67 bits per heavy atom. The van der Waals surface area contributed by atoms with Gasteiger partial charge in [-0.15, -0.1) is 12.4 Å². The van der Waals surface area contributed by atoms with E-state index in [1.807, 2.05) is 18.2 Å². The van der Waals surface area contributed by atoms with Crippen LogP contribution < -0.4 is 14.8 Å². The number of aliphatic hydroxyl groups is 1. The minimum absolute atomic E-state index is 0. The number of hydrogen-bond acceptors (Lipinski definition) is 7. The van der Waals surface area contributed by atoms with E-state index in [-0.39, 0.29) is 36.1 Å². The first kappa shape index (κ1) is 23.8. The van der Waals surface area contributed by atoms with Crippen LogP contribution in [-0.2, 0) is 11.2 Å². The van der Waals surface area contributed by atoms with E-state index in [4.69, 9.17) is 9.47 Å². The van der Waals surface area contributed by atoms with Crippen molar-refractivity contribution in [3.8, 4) is 17.2 Å². The lowest BCUT2D eigenvalue weighted by Crippen LogP contribution is -2.42. The molecule has 0 spiro atoms. The standard InChI is InChI=1S/C22H27NO6.ClH/c1-22(2,9-8-14-4-7-19-20(10-14)29-13-28-19)23-12-18(25)15-5-6-17(24)16(11-15)21(26)27-3;/h4-7,10-11,18,23-25H,8-9,12-13H2,1-3H3;1H. The first-order valence-electron chi connectivity index (χ1n) is 9.52. The summed E-state index contributed by atoms with van der Waals surface area (Å²) in [6, 6.07) is 10.4. The lowest BCUT2D eigenvalue weighted by Gasteiger charge is -2.28. The molecule has 8 heteroatoms. The van der Waals surface area contributed by atoms with Crippen LogP contribution in [0.1, 0.15) is 47.9 Å². The second-order valence-electron chi connectivity index (χ2n) is 7.74. The molecule has 7 nitrogen and oxygen atoms in total. The van der Waals surface area contributed by atoms with Crippen LogP contribution in [0.4, 0.5) is 0 Å². The van der Waals surface area contributed by atoms with Gasteiger partial charge in [0.2, 0.25) is 6.79 Å². The zero-order valence-electron chi connectivity index (χ0n) is 17.3. The summed E-state index contributed by atoms with van der Waals surface area (Å²) < 4.78 is 15.4. The van der Waals surface area contributed by atoms with Crippen LogP contribution in [0.15, 0.2) is 36.4 Å². The van der Waals surface area contributed by atoms with Crippen LogP contribution in [0, 0.1) is 0 Å². The average Bonchev–Trinajstić information content (AvgIpc) is 3.18. The van der Waals surface area contributed by atoms with Crippen molar-refractivity contribution in [1.82, 2.24) is 5.32 Å². The topological polar surface area (TPSA) is 97.3 Å². The van der Waals surface area contributed by atoms with Crippen LogP contribution in [-0.4, -0.2) is 42.2 Å². The zero-order chi connectivity index (χ0) is 21.0. The zero-order valence-corrected chi connectivity index (χ0v) is 18.1. The van der Waals surface area contributed by atoms with Gasteiger partial charge in [0, 0.05) is 12.1 Å². The normalized spacial score (nSPS) is 13.5. The number of aromatic hydroxyl groups is 1. The number of aryl methyl sites for hydroxylation is 1. The molecule has 164 valence electrons. The molecule has 3 N–H and O–H groups in total. The van der Waals surface area contributed by atoms with Crippen molar-refractivity contribution >= 4 is 18.4 Å². The number of halogens is 1. The number of phenolic OH excluding ortho intramolecular Hbond substituents is 1. The SMILES string of the molecule is COC(=O)c1cc(C(O)CNC(C)(C)CCc2ccc3c(c2)OCO3)ccc1O.Cl. The van der Waals surface area contributed by atoms with Crippen molar-refractivity contribution in [1.29, 1.82) is 0 Å². The van der Waals surface area contributed by atoms with Gasteiger partial charge in [0.05, 0.1) is 13.2 Å². The summed E-state index contributed by atoms with van der Waals surface area (Å²) in [4.78, 5) is 11.7. The van der Waals surface area contributed by atoms with E-state index in [1.54, 1.807) is 6.07 Å². The first-order valence-corrected chi connectivity index (χ1v) is 9.52. The van der Waals surface area contributed by atoms with Gasteiger partial charge in [0.1, 0.15) is 11.3 Å². The number of esters is 1. The van der Waals surface area contributed by atoms with E-state index in [0.29, 0.717) is 12.1 Å². The summed E-state index contributed by atoms with van der Waals surface area (Å²) in [5.74, 6) is 0.727. The van der Waals surface area contributed by atoms with Gasteiger partial charge in [-0.1, -0.05) is 12.1 Å². The lowest BCUT2D eigenvalue weighted by atomic mass is 9.94. The quantitative estimate of drug-likeness (QED) is 0.545. The number of carbonyl (C=O) groups excluding carboxylic acids is 1. The van der Waals surface area contributed by atoms with Gasteiger partial charge < -0.3 is 29.7 Å². The number of hydrogen-bond donors (Lipinski definition) is 3. The van der Waals surface area contributed by atoms with Crippen molar-refractivity contribution in [3.05, 3.63) is 53.1 Å². The fourth-order valence-corrected chi connectivity index (χ4v) is 3.17. The smallest absolute Gasteiger partial charge is 0.341 e. The number of nitrogens with one attached hydrogen (secondary N) is 1. The molecule has 0 aromatic heterocycles. The Balaban J connectivity index is 0.00000320. The number of ether oxygens (including phenoxy) is 3. The monoisotopic (exact) mass is 437 g/mol. The number of methoxy groups -OCH3 is 1. The molecule has 0 saturated carbocycles. The van der Waals surface area contributed by atoms with Crippen molar-refractivity contribution in [2.24, 2.45) is 0 Å². The molecule has 0 aliphatic carbocycles. The Morgan fingerprint density at radius 2 is 1.93 bits per heavy atom. The highest BCUT2D eigenvalue weighted by Gasteiger charge is 2.21. The van der Waals surface area contributed by atoms with Crippen LogP contribution in [0.25, 0.3) is 0 Å². The number of β-amino-alcohol motifs (C(OH)–C–C–N with tert-alkyl or cyclic N) is 1. The van der Waals surface area contributed by atoms with E-state index in [9.17, 15) is 15.0 Å². The summed E-state index contributed by atoms with van der Waals surface area (Å²) in [6.07, 6.45) is 0.865.